The Morgan fingerprint density at radius 1 is 0.900 bits per heavy atom. The number of hydrogen-bond acceptors (Lipinski definition) is 5. The zero-order chi connectivity index (χ0) is 28.1. The summed E-state index contributed by atoms with van der Waals surface area (Å²) in [6.07, 6.45) is 0.202. The van der Waals surface area contributed by atoms with Crippen molar-refractivity contribution < 1.29 is 27.5 Å². The summed E-state index contributed by atoms with van der Waals surface area (Å²) in [4.78, 5) is 30.6. The molecule has 1 saturated heterocycles. The summed E-state index contributed by atoms with van der Waals surface area (Å²) < 4.78 is 48.3. The molecular formula is C30H29F3N4O3. The fourth-order valence-corrected chi connectivity index (χ4v) is 4.92. The van der Waals surface area contributed by atoms with E-state index >= 15 is 0 Å². The van der Waals surface area contributed by atoms with Crippen LogP contribution in [0.4, 0.5) is 13.2 Å². The average molecular weight is 551 g/mol. The first-order valence-electron chi connectivity index (χ1n) is 13.1. The van der Waals surface area contributed by atoms with Crippen molar-refractivity contribution in [3.63, 3.8) is 0 Å². The van der Waals surface area contributed by atoms with Crippen LogP contribution in [-0.4, -0.2) is 78.3 Å². The fraction of sp³-hybridized carbons (Fsp3) is 0.300. The summed E-state index contributed by atoms with van der Waals surface area (Å²) in [6.45, 7) is 2.79. The molecule has 0 aromatic heterocycles. The number of morpholine rings is 1. The number of ether oxygens (including phenoxy) is 1. The average Bonchev–Trinajstić information content (AvgIpc) is 3.42. The maximum absolute atomic E-state index is 14.6. The molecule has 2 heterocycles. The van der Waals surface area contributed by atoms with Crippen LogP contribution in [0.3, 0.4) is 0 Å². The van der Waals surface area contributed by atoms with Crippen LogP contribution in [0.5, 0.6) is 0 Å². The van der Waals surface area contributed by atoms with Gasteiger partial charge in [0.2, 0.25) is 0 Å². The molecule has 10 heteroatoms. The van der Waals surface area contributed by atoms with E-state index in [9.17, 15) is 22.8 Å². The van der Waals surface area contributed by atoms with Crippen LogP contribution < -0.4 is 0 Å². The quantitative estimate of drug-likeness (QED) is 0.421. The Morgan fingerprint density at radius 3 is 2.27 bits per heavy atom. The maximum atomic E-state index is 14.6. The maximum Gasteiger partial charge on any atom is 0.262 e. The first-order chi connectivity index (χ1) is 19.4. The molecule has 7 nitrogen and oxygen atoms in total. The molecule has 3 aromatic carbocycles. The summed E-state index contributed by atoms with van der Waals surface area (Å²) >= 11 is 0. The Morgan fingerprint density at radius 2 is 1.57 bits per heavy atom. The molecule has 5 rings (SSSR count). The molecule has 208 valence electrons. The lowest BCUT2D eigenvalue weighted by molar-refractivity contribution is -0.133. The van der Waals surface area contributed by atoms with Gasteiger partial charge in [0.25, 0.3) is 11.8 Å². The lowest BCUT2D eigenvalue weighted by Crippen LogP contribution is -2.46. The van der Waals surface area contributed by atoms with Gasteiger partial charge in [-0.05, 0) is 35.9 Å². The van der Waals surface area contributed by atoms with Crippen LogP contribution in [0, 0.1) is 17.5 Å². The molecule has 40 heavy (non-hydrogen) atoms. The number of nitrogens with zero attached hydrogens (tertiary/aromatic N) is 4. The number of benzene rings is 3. The number of carbonyl (C=O) groups is 2. The molecule has 0 saturated carbocycles. The van der Waals surface area contributed by atoms with Crippen molar-refractivity contribution in [3.05, 3.63) is 107 Å². The van der Waals surface area contributed by atoms with Crippen molar-refractivity contribution in [3.8, 4) is 0 Å². The van der Waals surface area contributed by atoms with Gasteiger partial charge in [-0.2, -0.15) is 5.10 Å². The van der Waals surface area contributed by atoms with E-state index in [-0.39, 0.29) is 30.6 Å². The van der Waals surface area contributed by atoms with Crippen molar-refractivity contribution >= 4 is 17.5 Å². The van der Waals surface area contributed by atoms with Crippen molar-refractivity contribution in [1.29, 1.82) is 0 Å². The third-order valence-electron chi connectivity index (χ3n) is 7.11. The van der Waals surface area contributed by atoms with Gasteiger partial charge in [0.05, 0.1) is 30.5 Å². The zero-order valence-corrected chi connectivity index (χ0v) is 21.8. The fourth-order valence-electron chi connectivity index (χ4n) is 4.92. The summed E-state index contributed by atoms with van der Waals surface area (Å²) in [5, 5.41) is 5.71. The van der Waals surface area contributed by atoms with Gasteiger partial charge in [-0.15, -0.1) is 0 Å². The Balaban J connectivity index is 1.43. The van der Waals surface area contributed by atoms with Crippen LogP contribution in [-0.2, 0) is 9.53 Å². The number of rotatable bonds is 8. The third-order valence-corrected chi connectivity index (χ3v) is 7.11. The Bertz CT molecular complexity index is 1390. The Kier molecular flexibility index (Phi) is 8.57. The zero-order valence-electron chi connectivity index (χ0n) is 21.8. The highest BCUT2D eigenvalue weighted by Gasteiger charge is 2.35. The van der Waals surface area contributed by atoms with Crippen LogP contribution in [0.15, 0.2) is 77.9 Å². The standard InChI is InChI=1S/C30H29F3N4O3/c31-22-11-9-21(10-12-22)28-19-27(23-5-1-3-7-25(23)32)34-37(28)29(38)20-36(14-13-35-15-17-40-18-16-35)30(39)24-6-2-4-8-26(24)33/h1-12,28H,13-20H2. The van der Waals surface area contributed by atoms with Gasteiger partial charge in [0.1, 0.15) is 24.0 Å². The van der Waals surface area contributed by atoms with Gasteiger partial charge in [-0.25, -0.2) is 18.2 Å². The second kappa shape index (κ2) is 12.4. The van der Waals surface area contributed by atoms with Crippen molar-refractivity contribution in [2.24, 2.45) is 5.10 Å². The van der Waals surface area contributed by atoms with Gasteiger partial charge < -0.3 is 9.64 Å². The van der Waals surface area contributed by atoms with Crippen LogP contribution in [0.1, 0.15) is 33.9 Å². The lowest BCUT2D eigenvalue weighted by Gasteiger charge is -2.31. The number of amides is 2. The van der Waals surface area contributed by atoms with Gasteiger partial charge in [-0.1, -0.05) is 42.5 Å². The molecule has 0 radical (unpaired) electrons. The molecule has 2 aliphatic heterocycles. The molecule has 1 unspecified atom stereocenters. The summed E-state index contributed by atoms with van der Waals surface area (Å²) in [6, 6.07) is 16.8. The third kappa shape index (κ3) is 6.24. The number of carbonyl (C=O) groups excluding carboxylic acids is 2. The first-order valence-corrected chi connectivity index (χ1v) is 13.1. The second-order valence-electron chi connectivity index (χ2n) is 9.70. The normalized spacial score (nSPS) is 17.5. The molecule has 1 fully saturated rings. The topological polar surface area (TPSA) is 65.5 Å². The van der Waals surface area contributed by atoms with Crippen molar-refractivity contribution in [1.82, 2.24) is 14.8 Å². The summed E-state index contributed by atoms with van der Waals surface area (Å²) in [5.41, 5.74) is 1.10. The molecular weight excluding hydrogens is 521 g/mol. The minimum atomic E-state index is -0.679. The van der Waals surface area contributed by atoms with Gasteiger partial charge in [-0.3, -0.25) is 14.5 Å². The first kappa shape index (κ1) is 27.5. The molecule has 0 spiro atoms. The molecule has 0 bridgehead atoms. The highest BCUT2D eigenvalue weighted by molar-refractivity contribution is 6.04. The van der Waals surface area contributed by atoms with E-state index in [0.717, 1.165) is 0 Å². The van der Waals surface area contributed by atoms with E-state index in [2.05, 4.69) is 10.0 Å². The predicted molar refractivity (Wildman–Crippen MR) is 143 cm³/mol. The molecule has 3 aromatic rings. The highest BCUT2D eigenvalue weighted by atomic mass is 19.1. The summed E-state index contributed by atoms with van der Waals surface area (Å²) in [5.74, 6) is -2.72. The largest absolute Gasteiger partial charge is 0.379 e. The van der Waals surface area contributed by atoms with E-state index in [0.29, 0.717) is 44.1 Å². The van der Waals surface area contributed by atoms with Crippen molar-refractivity contribution in [2.75, 3.05) is 45.9 Å². The van der Waals surface area contributed by atoms with E-state index in [4.69, 9.17) is 4.74 Å². The smallest absolute Gasteiger partial charge is 0.262 e. The number of hydrazone groups is 1. The Labute approximate surface area is 230 Å². The minimum absolute atomic E-state index is 0.135. The van der Waals surface area contributed by atoms with E-state index < -0.39 is 35.3 Å². The van der Waals surface area contributed by atoms with E-state index in [1.807, 2.05) is 0 Å². The predicted octanol–water partition coefficient (Wildman–Crippen LogP) is 4.26. The number of hydrogen-bond donors (Lipinski definition) is 0. The SMILES string of the molecule is O=C(c1ccccc1F)N(CCN1CCOCC1)CC(=O)N1N=C(c2ccccc2F)CC1c1ccc(F)cc1. The van der Waals surface area contributed by atoms with Gasteiger partial charge >= 0.3 is 0 Å². The molecule has 0 aliphatic carbocycles. The van der Waals surface area contributed by atoms with Crippen LogP contribution in [0.25, 0.3) is 0 Å². The van der Waals surface area contributed by atoms with E-state index in [1.165, 1.54) is 46.3 Å². The second-order valence-corrected chi connectivity index (χ2v) is 9.70. The van der Waals surface area contributed by atoms with Crippen LogP contribution >= 0.6 is 0 Å². The number of halogens is 3. The van der Waals surface area contributed by atoms with Gasteiger partial charge in [0.15, 0.2) is 0 Å². The molecule has 0 N–H and O–H groups in total. The van der Waals surface area contributed by atoms with Crippen molar-refractivity contribution in [2.45, 2.75) is 12.5 Å². The molecule has 2 amide bonds. The highest BCUT2D eigenvalue weighted by Crippen LogP contribution is 2.33. The summed E-state index contributed by atoms with van der Waals surface area (Å²) in [7, 11) is 0. The lowest BCUT2D eigenvalue weighted by atomic mass is 9.98. The van der Waals surface area contributed by atoms with Crippen LogP contribution in [0.2, 0.25) is 0 Å². The monoisotopic (exact) mass is 550 g/mol. The minimum Gasteiger partial charge on any atom is -0.379 e. The molecule has 2 aliphatic rings. The van der Waals surface area contributed by atoms with Gasteiger partial charge in [0, 0.05) is 38.2 Å². The Hall–Kier alpha value is -4.02. The molecule has 1 atom stereocenters. The van der Waals surface area contributed by atoms with E-state index in [1.54, 1.807) is 36.4 Å².